The molecule has 0 aliphatic carbocycles. The topological polar surface area (TPSA) is 25.3 Å². The third-order valence-electron chi connectivity index (χ3n) is 9.97. The fourth-order valence-corrected chi connectivity index (χ4v) is 6.92. The number of unbranched alkanes of at least 4 members (excludes halogenated alkanes) is 18. The number of hydrogen-bond acceptors (Lipinski definition) is 0. The molecule has 2 heteroatoms. The Morgan fingerprint density at radius 3 is 1.65 bits per heavy atom. The molecule has 0 saturated carbocycles. The summed E-state index contributed by atoms with van der Waals surface area (Å²) in [7, 11) is 0. The van der Waals surface area contributed by atoms with Crippen LogP contribution in [0.25, 0.3) is 16.9 Å². The van der Waals surface area contributed by atoms with Gasteiger partial charge in [-0.2, -0.15) is 0 Å². The quantitative estimate of drug-likeness (QED) is 0.0551. The van der Waals surface area contributed by atoms with Crippen molar-refractivity contribution in [2.45, 2.75) is 181 Å². The largest absolute Gasteiger partial charge is 0.493 e. The van der Waals surface area contributed by atoms with E-state index in [1.807, 2.05) is 0 Å². The molecule has 0 fully saturated rings. The summed E-state index contributed by atoms with van der Waals surface area (Å²) >= 11 is 0. The predicted molar refractivity (Wildman–Crippen MR) is 210 cm³/mol. The summed E-state index contributed by atoms with van der Waals surface area (Å²) in [5.41, 5.74) is 19.6. The average Bonchev–Trinajstić information content (AvgIpc) is 3.44. The van der Waals surface area contributed by atoms with Crippen LogP contribution in [0, 0.1) is 11.8 Å². The van der Waals surface area contributed by atoms with Gasteiger partial charge in [0.05, 0.1) is 0 Å². The number of benzene rings is 2. The van der Waals surface area contributed by atoms with Gasteiger partial charge >= 0.3 is 0 Å². The molecule has 0 saturated heterocycles. The summed E-state index contributed by atoms with van der Waals surface area (Å²) < 4.78 is 1.46. The molecule has 262 valence electrons. The number of aryl methyl sites for hydroxylation is 2. The van der Waals surface area contributed by atoms with E-state index in [0.717, 1.165) is 73.9 Å². The van der Waals surface area contributed by atoms with Crippen molar-refractivity contribution in [2.75, 3.05) is 0 Å². The van der Waals surface area contributed by atoms with Crippen LogP contribution in [0.2, 0.25) is 0 Å². The summed E-state index contributed by atoms with van der Waals surface area (Å²) in [4.78, 5) is 0. The van der Waals surface area contributed by atoms with Gasteiger partial charge in [0.1, 0.15) is 0 Å². The van der Waals surface area contributed by atoms with Crippen molar-refractivity contribution in [2.24, 2.45) is 0 Å². The Balaban J connectivity index is 1.37. The first-order valence-corrected chi connectivity index (χ1v) is 20.3. The summed E-state index contributed by atoms with van der Waals surface area (Å²) in [5.74, 6) is 6.90. The lowest BCUT2D eigenvalue weighted by Crippen LogP contribution is -2.05. The Bertz CT molecular complexity index is 1300. The highest BCUT2D eigenvalue weighted by atomic mass is 15.2. The molecule has 0 amide bonds. The van der Waals surface area contributed by atoms with Gasteiger partial charge in [-0.3, -0.25) is 0 Å². The predicted octanol–water partition coefficient (Wildman–Crippen LogP) is 14.6. The van der Waals surface area contributed by atoms with Crippen molar-refractivity contribution in [1.82, 2.24) is 0 Å². The van der Waals surface area contributed by atoms with E-state index in [2.05, 4.69) is 87.2 Å². The van der Waals surface area contributed by atoms with E-state index in [9.17, 15) is 5.53 Å². The maximum atomic E-state index is 11.6. The Hall–Kier alpha value is -2.92. The first-order chi connectivity index (χ1) is 23.7. The molecule has 1 aliphatic rings. The number of nitrogens with zero attached hydrogens (tertiary/aromatic N) is 2. The molecule has 0 bridgehead atoms. The molecule has 0 spiro atoms. The zero-order valence-electron chi connectivity index (χ0n) is 31.3. The molecule has 2 aromatic carbocycles. The SMILES string of the molecule is CCCCCCCCCCCCCCCCCC#CCCCc1ccccc1C1=C(CCCC)C=C(c2ccc(CCCC)cc2)[N+]1=[N-]. The van der Waals surface area contributed by atoms with E-state index < -0.39 is 0 Å². The molecule has 3 rings (SSSR count). The molecule has 2 nitrogen and oxygen atoms in total. The Labute approximate surface area is 296 Å². The zero-order valence-corrected chi connectivity index (χ0v) is 31.3. The number of rotatable bonds is 26. The van der Waals surface area contributed by atoms with Gasteiger partial charge in [0.2, 0.25) is 11.4 Å². The van der Waals surface area contributed by atoms with Crippen LogP contribution in [0.1, 0.15) is 191 Å². The average molecular weight is 649 g/mol. The molecule has 0 unspecified atom stereocenters. The van der Waals surface area contributed by atoms with E-state index in [-0.39, 0.29) is 0 Å². The Morgan fingerprint density at radius 2 is 1.04 bits per heavy atom. The lowest BCUT2D eigenvalue weighted by Gasteiger charge is -2.13. The fourth-order valence-electron chi connectivity index (χ4n) is 6.92. The molecule has 0 N–H and O–H groups in total. The highest BCUT2D eigenvalue weighted by molar-refractivity contribution is 5.79. The zero-order chi connectivity index (χ0) is 34.1. The summed E-state index contributed by atoms with van der Waals surface area (Å²) in [6.45, 7) is 6.77. The summed E-state index contributed by atoms with van der Waals surface area (Å²) in [6, 6.07) is 17.4. The second-order valence-electron chi connectivity index (χ2n) is 14.2. The summed E-state index contributed by atoms with van der Waals surface area (Å²) in [6.07, 6.45) is 34.0. The van der Waals surface area contributed by atoms with Crippen LogP contribution in [0.5, 0.6) is 0 Å². The monoisotopic (exact) mass is 649 g/mol. The van der Waals surface area contributed by atoms with Gasteiger partial charge in [0.15, 0.2) is 0 Å². The van der Waals surface area contributed by atoms with Crippen molar-refractivity contribution in [3.05, 3.63) is 88.0 Å². The standard InChI is InChI=1S/C46H68N2/c1-4-7-10-11-12-13-14-15-16-17-18-19-20-21-22-23-24-25-26-27-32-41-33-28-29-34-44(41)46-43(31-9-6-3)39-45(48(46)47)42-37-35-40(36-38-42)30-8-5-2/h28-29,33-39H,4-23,26-27,30-32H2,1-3H3. The van der Waals surface area contributed by atoms with Gasteiger partial charge in [-0.15, -0.1) is 11.8 Å². The molecule has 48 heavy (non-hydrogen) atoms. The van der Waals surface area contributed by atoms with Crippen molar-refractivity contribution in [3.63, 3.8) is 0 Å². The van der Waals surface area contributed by atoms with E-state index in [0.29, 0.717) is 0 Å². The lowest BCUT2D eigenvalue weighted by molar-refractivity contribution is -0.344. The normalized spacial score (nSPS) is 12.8. The van der Waals surface area contributed by atoms with Crippen molar-refractivity contribution in [1.29, 1.82) is 0 Å². The van der Waals surface area contributed by atoms with Crippen LogP contribution in [-0.2, 0) is 12.8 Å². The van der Waals surface area contributed by atoms with Crippen molar-refractivity contribution >= 4 is 11.4 Å². The highest BCUT2D eigenvalue weighted by Crippen LogP contribution is 2.38. The van der Waals surface area contributed by atoms with E-state index in [1.165, 1.54) is 131 Å². The molecule has 0 radical (unpaired) electrons. The van der Waals surface area contributed by atoms with Gasteiger partial charge in [0.25, 0.3) is 0 Å². The molecular formula is C46H68N2. The van der Waals surface area contributed by atoms with Gasteiger partial charge in [0, 0.05) is 35.6 Å². The van der Waals surface area contributed by atoms with E-state index in [1.54, 1.807) is 0 Å². The molecule has 1 aliphatic heterocycles. The second-order valence-corrected chi connectivity index (χ2v) is 14.2. The Kier molecular flexibility index (Phi) is 20.7. The molecule has 0 aromatic heterocycles. The van der Waals surface area contributed by atoms with Crippen LogP contribution in [0.3, 0.4) is 0 Å². The van der Waals surface area contributed by atoms with Gasteiger partial charge < -0.3 is 5.53 Å². The van der Waals surface area contributed by atoms with Gasteiger partial charge in [-0.25, -0.2) is 4.70 Å². The van der Waals surface area contributed by atoms with Crippen LogP contribution in [0.15, 0.2) is 60.2 Å². The maximum Gasteiger partial charge on any atom is 0.211 e. The minimum absolute atomic E-state index is 0.887. The minimum atomic E-state index is 0.887. The van der Waals surface area contributed by atoms with E-state index in [4.69, 9.17) is 0 Å². The molecule has 0 atom stereocenters. The van der Waals surface area contributed by atoms with Crippen LogP contribution in [-0.4, -0.2) is 4.70 Å². The fraction of sp³-hybridized carbons (Fsp3) is 0.609. The van der Waals surface area contributed by atoms with Crippen LogP contribution < -0.4 is 0 Å². The number of hydrogen-bond donors (Lipinski definition) is 0. The van der Waals surface area contributed by atoms with Crippen LogP contribution in [0.4, 0.5) is 0 Å². The third kappa shape index (κ3) is 14.7. The lowest BCUT2D eigenvalue weighted by atomic mass is 9.96. The number of allylic oxidation sites excluding steroid dienone is 2. The van der Waals surface area contributed by atoms with Gasteiger partial charge in [-0.1, -0.05) is 154 Å². The first kappa shape index (κ1) is 39.5. The first-order valence-electron chi connectivity index (χ1n) is 20.3. The summed E-state index contributed by atoms with van der Waals surface area (Å²) in [5, 5.41) is 0. The van der Waals surface area contributed by atoms with Crippen molar-refractivity contribution < 1.29 is 4.70 Å². The molecule has 1 heterocycles. The minimum Gasteiger partial charge on any atom is -0.493 e. The van der Waals surface area contributed by atoms with Gasteiger partial charge in [-0.05, 0) is 74.3 Å². The smallest absolute Gasteiger partial charge is 0.211 e. The van der Waals surface area contributed by atoms with E-state index >= 15 is 0 Å². The second kappa shape index (κ2) is 25.1. The maximum absolute atomic E-state index is 11.6. The third-order valence-corrected chi connectivity index (χ3v) is 9.97. The van der Waals surface area contributed by atoms with Crippen LogP contribution >= 0.6 is 0 Å². The molecular weight excluding hydrogens is 581 g/mol. The molecule has 2 aromatic rings. The highest BCUT2D eigenvalue weighted by Gasteiger charge is 2.29. The van der Waals surface area contributed by atoms with Crippen molar-refractivity contribution in [3.8, 4) is 11.8 Å². The Morgan fingerprint density at radius 1 is 0.521 bits per heavy atom.